The van der Waals surface area contributed by atoms with Crippen molar-refractivity contribution in [2.75, 3.05) is 0 Å². The van der Waals surface area contributed by atoms with Gasteiger partial charge in [-0.05, 0) is 48.5 Å². The minimum absolute atomic E-state index is 0.552. The van der Waals surface area contributed by atoms with Crippen molar-refractivity contribution in [3.8, 4) is 6.07 Å². The van der Waals surface area contributed by atoms with Crippen LogP contribution in [0.1, 0.15) is 24.2 Å². The molecule has 1 N–H and O–H groups in total. The maximum atomic E-state index is 9.87. The molecule has 0 saturated heterocycles. The van der Waals surface area contributed by atoms with E-state index in [1.54, 1.807) is 25.1 Å². The maximum Gasteiger partial charge on any atom is 0.200 e. The predicted octanol–water partition coefficient (Wildman–Crippen LogP) is 2.81. The number of nitrogens with zero attached hydrogens (tertiary/aromatic N) is 4. The first kappa shape index (κ1) is 13.6. The topological polar surface area (TPSA) is 74.2 Å². The fraction of sp³-hybridized carbons (Fsp3) is 0.133. The summed E-state index contributed by atoms with van der Waals surface area (Å²) in [6, 6.07) is 13.0. The Hall–Kier alpha value is -2.36. The van der Waals surface area contributed by atoms with Crippen LogP contribution in [0, 0.1) is 11.3 Å². The third kappa shape index (κ3) is 2.61. The molecule has 0 aliphatic heterocycles. The molecule has 3 aromatic rings. The first-order valence-corrected chi connectivity index (χ1v) is 7.20. The van der Waals surface area contributed by atoms with Crippen molar-refractivity contribution >= 4 is 17.4 Å². The van der Waals surface area contributed by atoms with Gasteiger partial charge in [0.25, 0.3) is 0 Å². The summed E-state index contributed by atoms with van der Waals surface area (Å²) in [5, 5.41) is 27.9. The molecule has 0 aliphatic rings. The Labute approximate surface area is 125 Å². The molecule has 0 radical (unpaired) electrons. The molecule has 0 fully saturated rings. The van der Waals surface area contributed by atoms with Crippen molar-refractivity contribution in [1.82, 2.24) is 14.6 Å². The van der Waals surface area contributed by atoms with E-state index in [9.17, 15) is 5.11 Å². The summed E-state index contributed by atoms with van der Waals surface area (Å²) in [4.78, 5) is 0.808. The second-order valence-electron chi connectivity index (χ2n) is 4.55. The molecular formula is C15H12N4OS. The summed E-state index contributed by atoms with van der Waals surface area (Å²) in [6.45, 7) is 1.70. The summed E-state index contributed by atoms with van der Waals surface area (Å²) in [5.41, 5.74) is 2.08. The highest BCUT2D eigenvalue weighted by molar-refractivity contribution is 7.99. The van der Waals surface area contributed by atoms with Gasteiger partial charge in [-0.25, -0.2) is 0 Å². The quantitative estimate of drug-likeness (QED) is 0.804. The zero-order valence-electron chi connectivity index (χ0n) is 11.3. The van der Waals surface area contributed by atoms with Crippen LogP contribution < -0.4 is 0 Å². The van der Waals surface area contributed by atoms with Gasteiger partial charge in [0.05, 0.1) is 17.7 Å². The van der Waals surface area contributed by atoms with Crippen LogP contribution >= 0.6 is 11.8 Å². The molecule has 0 bridgehead atoms. The fourth-order valence-electron chi connectivity index (χ4n) is 2.02. The molecule has 1 aromatic carbocycles. The zero-order chi connectivity index (χ0) is 14.8. The summed E-state index contributed by atoms with van der Waals surface area (Å²) in [5.74, 6) is 0. The number of hydrogen-bond donors (Lipinski definition) is 1. The van der Waals surface area contributed by atoms with Crippen molar-refractivity contribution < 1.29 is 5.11 Å². The van der Waals surface area contributed by atoms with Gasteiger partial charge in [-0.15, -0.1) is 10.2 Å². The normalized spacial score (nSPS) is 12.2. The van der Waals surface area contributed by atoms with Crippen molar-refractivity contribution in [3.05, 3.63) is 53.7 Å². The molecule has 5 nitrogen and oxygen atoms in total. The molecule has 0 amide bonds. The van der Waals surface area contributed by atoms with Crippen LogP contribution in [0.25, 0.3) is 5.65 Å². The Bertz CT molecular complexity index is 835. The van der Waals surface area contributed by atoms with Crippen LogP contribution in [0.4, 0.5) is 0 Å². The van der Waals surface area contributed by atoms with E-state index in [0.717, 1.165) is 16.1 Å². The van der Waals surface area contributed by atoms with Gasteiger partial charge >= 0.3 is 0 Å². The van der Waals surface area contributed by atoms with Crippen LogP contribution in [0.3, 0.4) is 0 Å². The molecule has 104 valence electrons. The van der Waals surface area contributed by atoms with Gasteiger partial charge in [-0.1, -0.05) is 12.1 Å². The van der Waals surface area contributed by atoms with Gasteiger partial charge in [-0.3, -0.25) is 4.40 Å². The van der Waals surface area contributed by atoms with Gasteiger partial charge in [-0.2, -0.15) is 5.26 Å². The lowest BCUT2D eigenvalue weighted by molar-refractivity contribution is 0.196. The first-order chi connectivity index (χ1) is 10.2. The second-order valence-corrected chi connectivity index (χ2v) is 5.56. The summed E-state index contributed by atoms with van der Waals surface area (Å²) < 4.78 is 1.87. The number of pyridine rings is 1. The van der Waals surface area contributed by atoms with Crippen LogP contribution in [-0.2, 0) is 0 Å². The molecule has 0 unspecified atom stereocenters. The molecule has 2 heterocycles. The third-order valence-corrected chi connectivity index (χ3v) is 4.11. The van der Waals surface area contributed by atoms with Crippen molar-refractivity contribution in [3.63, 3.8) is 0 Å². The van der Waals surface area contributed by atoms with E-state index in [-0.39, 0.29) is 0 Å². The minimum Gasteiger partial charge on any atom is -0.389 e. The molecule has 1 atom stereocenters. The third-order valence-electron chi connectivity index (χ3n) is 3.08. The predicted molar refractivity (Wildman–Crippen MR) is 78.9 cm³/mol. The van der Waals surface area contributed by atoms with E-state index in [2.05, 4.69) is 16.3 Å². The van der Waals surface area contributed by atoms with Gasteiger partial charge < -0.3 is 5.11 Å². The second kappa shape index (κ2) is 5.56. The number of aliphatic hydroxyl groups excluding tert-OH is 1. The number of aliphatic hydroxyl groups is 1. The van der Waals surface area contributed by atoms with E-state index >= 15 is 0 Å². The largest absolute Gasteiger partial charge is 0.389 e. The number of nitriles is 1. The maximum absolute atomic E-state index is 9.87. The molecule has 0 saturated carbocycles. The van der Waals surface area contributed by atoms with Gasteiger partial charge in [0.2, 0.25) is 0 Å². The fourth-order valence-corrected chi connectivity index (χ4v) is 3.10. The van der Waals surface area contributed by atoms with Gasteiger partial charge in [0.1, 0.15) is 0 Å². The molecule has 2 aromatic heterocycles. The van der Waals surface area contributed by atoms with Gasteiger partial charge in [0.15, 0.2) is 10.8 Å². The van der Waals surface area contributed by atoms with Crippen LogP contribution in [0.5, 0.6) is 0 Å². The first-order valence-electron chi connectivity index (χ1n) is 6.39. The van der Waals surface area contributed by atoms with E-state index in [0.29, 0.717) is 10.7 Å². The van der Waals surface area contributed by atoms with E-state index < -0.39 is 6.10 Å². The number of benzene rings is 1. The number of fused-ring (bicyclic) bond motifs is 1. The Morgan fingerprint density at radius 3 is 2.90 bits per heavy atom. The lowest BCUT2D eigenvalue weighted by atomic mass is 10.1. The van der Waals surface area contributed by atoms with Crippen LogP contribution in [0.15, 0.2) is 52.6 Å². The number of aromatic nitrogens is 3. The average Bonchev–Trinajstić information content (AvgIpc) is 2.90. The number of rotatable bonds is 3. The molecule has 6 heteroatoms. The monoisotopic (exact) mass is 296 g/mol. The summed E-state index contributed by atoms with van der Waals surface area (Å²) in [6.07, 6.45) is 1.27. The Morgan fingerprint density at radius 1 is 1.29 bits per heavy atom. The highest BCUT2D eigenvalue weighted by Gasteiger charge is 2.13. The van der Waals surface area contributed by atoms with E-state index in [1.807, 2.05) is 28.8 Å². The van der Waals surface area contributed by atoms with E-state index in [4.69, 9.17) is 5.26 Å². The summed E-state index contributed by atoms with van der Waals surface area (Å²) >= 11 is 1.39. The average molecular weight is 296 g/mol. The van der Waals surface area contributed by atoms with Crippen molar-refractivity contribution in [2.45, 2.75) is 23.1 Å². The summed E-state index contributed by atoms with van der Waals surface area (Å²) in [7, 11) is 0. The van der Waals surface area contributed by atoms with Gasteiger partial charge in [0, 0.05) is 11.1 Å². The smallest absolute Gasteiger partial charge is 0.200 e. The SMILES string of the molecule is C[C@H](O)c1ccc(C#N)cc1Sc1nnc2ccccn12. The molecule has 0 aliphatic carbocycles. The minimum atomic E-state index is -0.612. The molecule has 21 heavy (non-hydrogen) atoms. The lowest BCUT2D eigenvalue weighted by Gasteiger charge is -2.11. The standard InChI is InChI=1S/C15H12N4OS/c1-10(20)12-6-5-11(9-16)8-13(12)21-15-18-17-14-4-2-3-7-19(14)15/h2-8,10,20H,1H3/t10-/m0/s1. The highest BCUT2D eigenvalue weighted by Crippen LogP contribution is 2.33. The Balaban J connectivity index is 2.06. The number of hydrogen-bond acceptors (Lipinski definition) is 5. The molecular weight excluding hydrogens is 284 g/mol. The van der Waals surface area contributed by atoms with E-state index in [1.165, 1.54) is 11.8 Å². The Morgan fingerprint density at radius 2 is 2.14 bits per heavy atom. The molecule has 3 rings (SSSR count). The molecule has 0 spiro atoms. The highest BCUT2D eigenvalue weighted by atomic mass is 32.2. The van der Waals surface area contributed by atoms with Crippen molar-refractivity contribution in [1.29, 1.82) is 5.26 Å². The lowest BCUT2D eigenvalue weighted by Crippen LogP contribution is -1.96. The Kier molecular flexibility index (Phi) is 3.60. The van der Waals surface area contributed by atoms with Crippen molar-refractivity contribution in [2.24, 2.45) is 0 Å². The van der Waals surface area contributed by atoms with Crippen LogP contribution in [-0.4, -0.2) is 19.7 Å². The van der Waals surface area contributed by atoms with Crippen LogP contribution in [0.2, 0.25) is 0 Å². The zero-order valence-corrected chi connectivity index (χ0v) is 12.1.